The van der Waals surface area contributed by atoms with Crippen LogP contribution in [0.1, 0.15) is 35.8 Å². The largest absolute Gasteiger partial charge is 0.359 e. The highest BCUT2D eigenvalue weighted by molar-refractivity contribution is 5.30. The summed E-state index contributed by atoms with van der Waals surface area (Å²) in [4.78, 5) is 4.12. The fourth-order valence-electron chi connectivity index (χ4n) is 2.11. The smallest absolute Gasteiger partial charge is 0.115 e. The number of ether oxygens (including phenoxy) is 1. The Bertz CT molecular complexity index is 492. The van der Waals surface area contributed by atoms with Gasteiger partial charge in [-0.2, -0.15) is 0 Å². The van der Waals surface area contributed by atoms with E-state index in [9.17, 15) is 0 Å². The number of pyridine rings is 1. The molecule has 2 heterocycles. The highest BCUT2D eigenvalue weighted by Crippen LogP contribution is 2.50. The molecule has 1 aliphatic heterocycles. The molecule has 0 N–H and O–H groups in total. The average molecular weight is 225 g/mol. The number of epoxide rings is 1. The normalized spacial score (nSPS) is 22.4. The zero-order valence-electron chi connectivity index (χ0n) is 9.84. The number of benzene rings is 1. The van der Waals surface area contributed by atoms with E-state index < -0.39 is 0 Å². The Kier molecular flexibility index (Phi) is 2.65. The van der Waals surface area contributed by atoms with Crippen LogP contribution in [0.4, 0.5) is 0 Å². The van der Waals surface area contributed by atoms with Crippen LogP contribution in [-0.4, -0.2) is 4.98 Å². The van der Waals surface area contributed by atoms with Crippen LogP contribution in [0.15, 0.2) is 48.8 Å². The van der Waals surface area contributed by atoms with Crippen LogP contribution >= 0.6 is 0 Å². The van der Waals surface area contributed by atoms with Crippen LogP contribution in [0.25, 0.3) is 0 Å². The summed E-state index contributed by atoms with van der Waals surface area (Å²) in [5, 5.41) is 0. The molecule has 0 spiro atoms. The van der Waals surface area contributed by atoms with Gasteiger partial charge in [0, 0.05) is 18.0 Å². The van der Waals surface area contributed by atoms with Crippen molar-refractivity contribution in [2.75, 3.05) is 0 Å². The number of hydrogen-bond donors (Lipinski definition) is 0. The molecule has 3 rings (SSSR count). The van der Waals surface area contributed by atoms with E-state index in [1.54, 1.807) is 6.20 Å². The zero-order chi connectivity index (χ0) is 11.7. The van der Waals surface area contributed by atoms with Gasteiger partial charge in [0.2, 0.25) is 0 Å². The van der Waals surface area contributed by atoms with Gasteiger partial charge in [-0.05, 0) is 23.6 Å². The molecule has 17 heavy (non-hydrogen) atoms. The van der Waals surface area contributed by atoms with Crippen LogP contribution in [0.2, 0.25) is 0 Å². The molecule has 2 atom stereocenters. The number of hydrogen-bond acceptors (Lipinski definition) is 2. The number of rotatable bonds is 3. The minimum atomic E-state index is 0.191. The molecule has 2 nitrogen and oxygen atoms in total. The van der Waals surface area contributed by atoms with Crippen molar-refractivity contribution in [3.05, 3.63) is 65.5 Å². The minimum Gasteiger partial charge on any atom is -0.359 e. The quantitative estimate of drug-likeness (QED) is 0.747. The van der Waals surface area contributed by atoms with Crippen LogP contribution < -0.4 is 0 Å². The fraction of sp³-hybridized carbons (Fsp3) is 0.267. The van der Waals surface area contributed by atoms with E-state index in [2.05, 4.69) is 42.2 Å². The summed E-state index contributed by atoms with van der Waals surface area (Å²) >= 11 is 0. The third-order valence-electron chi connectivity index (χ3n) is 3.22. The van der Waals surface area contributed by atoms with Gasteiger partial charge >= 0.3 is 0 Å². The number of aryl methyl sites for hydroxylation is 1. The van der Waals surface area contributed by atoms with Gasteiger partial charge in [0.05, 0.1) is 0 Å². The molecule has 2 unspecified atom stereocenters. The summed E-state index contributed by atoms with van der Waals surface area (Å²) in [6, 6.07) is 12.7. The van der Waals surface area contributed by atoms with Crippen molar-refractivity contribution < 1.29 is 4.74 Å². The molecule has 0 amide bonds. The third-order valence-corrected chi connectivity index (χ3v) is 3.22. The minimum absolute atomic E-state index is 0.191. The Balaban J connectivity index is 1.76. The molecule has 2 aromatic rings. The molecule has 86 valence electrons. The molecule has 0 radical (unpaired) electrons. The van der Waals surface area contributed by atoms with Crippen molar-refractivity contribution >= 4 is 0 Å². The maximum Gasteiger partial charge on any atom is 0.115 e. The second kappa shape index (κ2) is 4.30. The Morgan fingerprint density at radius 2 is 1.82 bits per heavy atom. The van der Waals surface area contributed by atoms with Gasteiger partial charge in [0.1, 0.15) is 12.2 Å². The van der Waals surface area contributed by atoms with Gasteiger partial charge in [0.15, 0.2) is 0 Å². The van der Waals surface area contributed by atoms with Crippen LogP contribution in [0.5, 0.6) is 0 Å². The van der Waals surface area contributed by atoms with E-state index in [1.807, 2.05) is 12.3 Å². The fourth-order valence-corrected chi connectivity index (χ4v) is 2.11. The average Bonchev–Trinajstić information content (AvgIpc) is 3.20. The first-order chi connectivity index (χ1) is 8.38. The molecule has 2 heteroatoms. The first-order valence-electron chi connectivity index (χ1n) is 6.02. The molecule has 1 fully saturated rings. The summed E-state index contributed by atoms with van der Waals surface area (Å²) in [7, 11) is 0. The molecule has 0 bridgehead atoms. The summed E-state index contributed by atoms with van der Waals surface area (Å²) in [5.41, 5.74) is 3.79. The van der Waals surface area contributed by atoms with Crippen LogP contribution in [0, 0.1) is 0 Å². The molecule has 1 aromatic heterocycles. The third kappa shape index (κ3) is 2.08. The highest BCUT2D eigenvalue weighted by Gasteiger charge is 2.41. The summed E-state index contributed by atoms with van der Waals surface area (Å²) in [5.74, 6) is 0. The van der Waals surface area contributed by atoms with Gasteiger partial charge in [-0.25, -0.2) is 0 Å². The monoisotopic (exact) mass is 225 g/mol. The Morgan fingerprint density at radius 1 is 1.06 bits per heavy atom. The van der Waals surface area contributed by atoms with E-state index in [4.69, 9.17) is 4.74 Å². The summed E-state index contributed by atoms with van der Waals surface area (Å²) in [6.07, 6.45) is 5.15. The molecule has 1 saturated heterocycles. The van der Waals surface area contributed by atoms with Crippen molar-refractivity contribution in [1.82, 2.24) is 4.98 Å². The lowest BCUT2D eigenvalue weighted by Crippen LogP contribution is -1.86. The Hall–Kier alpha value is -1.67. The molecule has 0 saturated carbocycles. The van der Waals surface area contributed by atoms with Crippen LogP contribution in [-0.2, 0) is 11.2 Å². The van der Waals surface area contributed by atoms with E-state index >= 15 is 0 Å². The second-order valence-corrected chi connectivity index (χ2v) is 4.36. The molecular formula is C15H15NO. The van der Waals surface area contributed by atoms with Crippen molar-refractivity contribution in [2.24, 2.45) is 0 Å². The van der Waals surface area contributed by atoms with Gasteiger partial charge in [-0.15, -0.1) is 0 Å². The molecular weight excluding hydrogens is 210 g/mol. The van der Waals surface area contributed by atoms with Gasteiger partial charge < -0.3 is 4.74 Å². The zero-order valence-corrected chi connectivity index (χ0v) is 9.84. The van der Waals surface area contributed by atoms with E-state index in [-0.39, 0.29) is 12.2 Å². The Morgan fingerprint density at radius 3 is 2.47 bits per heavy atom. The lowest BCUT2D eigenvalue weighted by atomic mass is 10.0. The summed E-state index contributed by atoms with van der Waals surface area (Å²) in [6.45, 7) is 2.17. The predicted molar refractivity (Wildman–Crippen MR) is 66.6 cm³/mol. The summed E-state index contributed by atoms with van der Waals surface area (Å²) < 4.78 is 5.72. The lowest BCUT2D eigenvalue weighted by Gasteiger charge is -1.99. The SMILES string of the molecule is CCc1ccc(C2OC2c2cccnc2)cc1. The van der Waals surface area contributed by atoms with E-state index in [0.29, 0.717) is 0 Å². The standard InChI is InChI=1S/C15H15NO/c1-2-11-5-7-12(8-6-11)14-15(17-14)13-4-3-9-16-10-13/h3-10,14-15H,2H2,1H3. The van der Waals surface area contributed by atoms with E-state index in [0.717, 1.165) is 12.0 Å². The van der Waals surface area contributed by atoms with Crippen molar-refractivity contribution in [2.45, 2.75) is 25.6 Å². The predicted octanol–water partition coefficient (Wildman–Crippen LogP) is 3.46. The first-order valence-corrected chi connectivity index (χ1v) is 6.02. The number of aromatic nitrogens is 1. The molecule has 0 aliphatic carbocycles. The molecule has 1 aromatic carbocycles. The second-order valence-electron chi connectivity index (χ2n) is 4.36. The van der Waals surface area contributed by atoms with Crippen molar-refractivity contribution in [3.63, 3.8) is 0 Å². The van der Waals surface area contributed by atoms with Gasteiger partial charge in [-0.3, -0.25) is 4.98 Å². The van der Waals surface area contributed by atoms with Gasteiger partial charge in [0.25, 0.3) is 0 Å². The maximum atomic E-state index is 5.72. The maximum absolute atomic E-state index is 5.72. The Labute approximate surface area is 101 Å². The lowest BCUT2D eigenvalue weighted by molar-refractivity contribution is 0.377. The highest BCUT2D eigenvalue weighted by atomic mass is 16.6. The van der Waals surface area contributed by atoms with E-state index in [1.165, 1.54) is 11.1 Å². The van der Waals surface area contributed by atoms with Crippen molar-refractivity contribution in [3.8, 4) is 0 Å². The van der Waals surface area contributed by atoms with Crippen LogP contribution in [0.3, 0.4) is 0 Å². The first kappa shape index (κ1) is 10.5. The van der Waals surface area contributed by atoms with Crippen molar-refractivity contribution in [1.29, 1.82) is 0 Å². The topological polar surface area (TPSA) is 25.4 Å². The molecule has 1 aliphatic rings. The number of nitrogens with zero attached hydrogens (tertiary/aromatic N) is 1. The van der Waals surface area contributed by atoms with Gasteiger partial charge in [-0.1, -0.05) is 37.3 Å².